The summed E-state index contributed by atoms with van der Waals surface area (Å²) in [4.78, 5) is 11.8. The maximum absolute atomic E-state index is 11.8. The van der Waals surface area contributed by atoms with E-state index < -0.39 is 5.97 Å². The van der Waals surface area contributed by atoms with Crippen LogP contribution in [0, 0.1) is 6.92 Å². The lowest BCUT2D eigenvalue weighted by Gasteiger charge is -2.04. The summed E-state index contributed by atoms with van der Waals surface area (Å²) in [5.41, 5.74) is 2.37. The highest BCUT2D eigenvalue weighted by molar-refractivity contribution is 9.10. The van der Waals surface area contributed by atoms with Crippen molar-refractivity contribution in [3.05, 3.63) is 51.8 Å². The zero-order chi connectivity index (χ0) is 13.8. The third-order valence-electron chi connectivity index (χ3n) is 2.78. The molecule has 1 heterocycles. The largest absolute Gasteiger partial charge is 0.461 e. The van der Waals surface area contributed by atoms with Crippen LogP contribution < -0.4 is 0 Å². The zero-order valence-electron chi connectivity index (χ0n) is 10.9. The molecule has 0 spiro atoms. The van der Waals surface area contributed by atoms with Crippen molar-refractivity contribution in [2.75, 3.05) is 6.61 Å². The van der Waals surface area contributed by atoms with E-state index in [2.05, 4.69) is 21.0 Å². The molecule has 2 rings (SSSR count). The molecule has 0 N–H and O–H groups in total. The first-order valence-electron chi connectivity index (χ1n) is 6.07. The summed E-state index contributed by atoms with van der Waals surface area (Å²) in [5, 5.41) is 4.32. The second-order valence-electron chi connectivity index (χ2n) is 4.11. The fraction of sp³-hybridized carbons (Fsp3) is 0.286. The second kappa shape index (κ2) is 6.02. The van der Waals surface area contributed by atoms with Crippen molar-refractivity contribution >= 4 is 21.9 Å². The minimum Gasteiger partial charge on any atom is -0.461 e. The zero-order valence-corrected chi connectivity index (χ0v) is 12.5. The molecular weight excluding hydrogens is 308 g/mol. The number of aromatic nitrogens is 2. The van der Waals surface area contributed by atoms with Crippen LogP contribution in [-0.2, 0) is 11.3 Å². The van der Waals surface area contributed by atoms with E-state index in [0.717, 1.165) is 11.3 Å². The van der Waals surface area contributed by atoms with E-state index in [0.29, 0.717) is 23.3 Å². The number of hydrogen-bond donors (Lipinski definition) is 0. The van der Waals surface area contributed by atoms with Crippen LogP contribution in [0.1, 0.15) is 28.7 Å². The Bertz CT molecular complexity index is 579. The van der Waals surface area contributed by atoms with Crippen molar-refractivity contribution in [3.63, 3.8) is 0 Å². The Morgan fingerprint density at radius 2 is 2.05 bits per heavy atom. The maximum atomic E-state index is 11.8. The maximum Gasteiger partial charge on any atom is 0.360 e. The molecule has 0 saturated carbocycles. The quantitative estimate of drug-likeness (QED) is 0.812. The second-order valence-corrected chi connectivity index (χ2v) is 4.90. The summed E-state index contributed by atoms with van der Waals surface area (Å²) in [6.07, 6.45) is 0. The van der Waals surface area contributed by atoms with Crippen LogP contribution in [0.15, 0.2) is 34.8 Å². The summed E-state index contributed by atoms with van der Waals surface area (Å²) < 4.78 is 7.48. The van der Waals surface area contributed by atoms with Crippen molar-refractivity contribution in [1.29, 1.82) is 0 Å². The summed E-state index contributed by atoms with van der Waals surface area (Å²) in [5.74, 6) is -0.399. The van der Waals surface area contributed by atoms with E-state index >= 15 is 0 Å². The predicted molar refractivity (Wildman–Crippen MR) is 76.2 cm³/mol. The van der Waals surface area contributed by atoms with E-state index in [1.165, 1.54) is 0 Å². The average molecular weight is 323 g/mol. The Labute approximate surface area is 120 Å². The molecule has 0 aliphatic heterocycles. The molecule has 0 fully saturated rings. The molecule has 0 unspecified atom stereocenters. The Hall–Kier alpha value is -1.62. The van der Waals surface area contributed by atoms with Crippen LogP contribution >= 0.6 is 15.9 Å². The van der Waals surface area contributed by atoms with Crippen LogP contribution in [0.4, 0.5) is 0 Å². The van der Waals surface area contributed by atoms with E-state index in [1.807, 2.05) is 37.3 Å². The van der Waals surface area contributed by atoms with Gasteiger partial charge >= 0.3 is 5.97 Å². The molecule has 5 heteroatoms. The van der Waals surface area contributed by atoms with Gasteiger partial charge in [-0.05, 0) is 35.3 Å². The van der Waals surface area contributed by atoms with Crippen LogP contribution in [0.2, 0.25) is 0 Å². The monoisotopic (exact) mass is 322 g/mol. The number of hydrogen-bond acceptors (Lipinski definition) is 3. The highest BCUT2D eigenvalue weighted by Gasteiger charge is 2.19. The normalized spacial score (nSPS) is 10.5. The number of carbonyl (C=O) groups is 1. The topological polar surface area (TPSA) is 44.1 Å². The van der Waals surface area contributed by atoms with Crippen LogP contribution in [0.3, 0.4) is 0 Å². The summed E-state index contributed by atoms with van der Waals surface area (Å²) in [7, 11) is 0. The number of carbonyl (C=O) groups excluding carboxylic acids is 1. The molecule has 4 nitrogen and oxygen atoms in total. The van der Waals surface area contributed by atoms with Crippen molar-refractivity contribution in [3.8, 4) is 0 Å². The van der Waals surface area contributed by atoms with Gasteiger partial charge in [0.25, 0.3) is 0 Å². The fourth-order valence-electron chi connectivity index (χ4n) is 1.76. The van der Waals surface area contributed by atoms with Gasteiger partial charge in [-0.15, -0.1) is 0 Å². The Kier molecular flexibility index (Phi) is 4.37. The molecule has 0 aliphatic carbocycles. The van der Waals surface area contributed by atoms with E-state index in [1.54, 1.807) is 11.6 Å². The Morgan fingerprint density at radius 1 is 1.37 bits per heavy atom. The lowest BCUT2D eigenvalue weighted by molar-refractivity contribution is 0.0517. The predicted octanol–water partition coefficient (Wildman–Crippen LogP) is 3.18. The van der Waals surface area contributed by atoms with Gasteiger partial charge in [-0.1, -0.05) is 30.3 Å². The van der Waals surface area contributed by atoms with E-state index in [9.17, 15) is 4.79 Å². The van der Waals surface area contributed by atoms with E-state index in [-0.39, 0.29) is 0 Å². The van der Waals surface area contributed by atoms with Crippen molar-refractivity contribution in [2.24, 2.45) is 0 Å². The number of benzene rings is 1. The van der Waals surface area contributed by atoms with Gasteiger partial charge in [0.1, 0.15) is 0 Å². The van der Waals surface area contributed by atoms with Crippen molar-refractivity contribution in [2.45, 2.75) is 20.4 Å². The van der Waals surface area contributed by atoms with Gasteiger partial charge in [0.2, 0.25) is 0 Å². The first-order chi connectivity index (χ1) is 9.13. The SMILES string of the molecule is CCOC(=O)c1nn(Cc2ccccc2)c(C)c1Br. The highest BCUT2D eigenvalue weighted by Crippen LogP contribution is 2.22. The van der Waals surface area contributed by atoms with Crippen molar-refractivity contribution < 1.29 is 9.53 Å². The van der Waals surface area contributed by atoms with Crippen LogP contribution in [-0.4, -0.2) is 22.4 Å². The number of nitrogens with zero attached hydrogens (tertiary/aromatic N) is 2. The summed E-state index contributed by atoms with van der Waals surface area (Å²) in [6.45, 7) is 4.67. The Morgan fingerprint density at radius 3 is 2.68 bits per heavy atom. The summed E-state index contributed by atoms with van der Waals surface area (Å²) >= 11 is 3.40. The molecule has 19 heavy (non-hydrogen) atoms. The third-order valence-corrected chi connectivity index (χ3v) is 3.73. The molecule has 0 atom stereocenters. The molecule has 1 aromatic heterocycles. The van der Waals surface area contributed by atoms with Crippen LogP contribution in [0.25, 0.3) is 0 Å². The van der Waals surface area contributed by atoms with Crippen LogP contribution in [0.5, 0.6) is 0 Å². The average Bonchev–Trinajstić information content (AvgIpc) is 2.69. The fourth-order valence-corrected chi connectivity index (χ4v) is 2.21. The third kappa shape index (κ3) is 3.04. The molecule has 1 aromatic carbocycles. The van der Waals surface area contributed by atoms with Gasteiger partial charge in [0.05, 0.1) is 23.3 Å². The lowest BCUT2D eigenvalue weighted by Crippen LogP contribution is -2.08. The first-order valence-corrected chi connectivity index (χ1v) is 6.86. The molecule has 0 bridgehead atoms. The lowest BCUT2D eigenvalue weighted by atomic mass is 10.2. The van der Waals surface area contributed by atoms with Gasteiger partial charge < -0.3 is 4.74 Å². The van der Waals surface area contributed by atoms with Crippen molar-refractivity contribution in [1.82, 2.24) is 9.78 Å². The molecule has 0 saturated heterocycles. The smallest absolute Gasteiger partial charge is 0.360 e. The molecule has 0 radical (unpaired) electrons. The Balaban J connectivity index is 2.28. The van der Waals surface area contributed by atoms with Gasteiger partial charge in [-0.2, -0.15) is 5.10 Å². The van der Waals surface area contributed by atoms with Gasteiger partial charge in [-0.3, -0.25) is 4.68 Å². The molecule has 0 amide bonds. The number of rotatable bonds is 4. The molecule has 100 valence electrons. The van der Waals surface area contributed by atoms with Gasteiger partial charge in [0, 0.05) is 0 Å². The molecule has 2 aromatic rings. The summed E-state index contributed by atoms with van der Waals surface area (Å²) in [6, 6.07) is 9.99. The molecule has 0 aliphatic rings. The number of ether oxygens (including phenoxy) is 1. The standard InChI is InChI=1S/C14H15BrN2O2/c1-3-19-14(18)13-12(15)10(2)17(16-13)9-11-7-5-4-6-8-11/h4-8H,3,9H2,1-2H3. The van der Waals surface area contributed by atoms with Gasteiger partial charge in [0.15, 0.2) is 5.69 Å². The van der Waals surface area contributed by atoms with Gasteiger partial charge in [-0.25, -0.2) is 4.79 Å². The highest BCUT2D eigenvalue weighted by atomic mass is 79.9. The first kappa shape index (κ1) is 13.8. The minimum absolute atomic E-state index is 0.329. The minimum atomic E-state index is -0.399. The number of halogens is 1. The number of esters is 1. The molecular formula is C14H15BrN2O2. The van der Waals surface area contributed by atoms with E-state index in [4.69, 9.17) is 4.74 Å².